The molecular weight excluding hydrogens is 276 g/mol. The Balaban J connectivity index is 2.25. The van der Waals surface area contributed by atoms with E-state index in [0.717, 1.165) is 10.2 Å². The summed E-state index contributed by atoms with van der Waals surface area (Å²) in [7, 11) is 0. The zero-order valence-corrected chi connectivity index (χ0v) is 12.5. The highest BCUT2D eigenvalue weighted by molar-refractivity contribution is 9.10. The average molecular weight is 297 g/mol. The summed E-state index contributed by atoms with van der Waals surface area (Å²) >= 11 is 3.55. The Morgan fingerprint density at radius 3 is 2.41 bits per heavy atom. The van der Waals surface area contributed by atoms with E-state index in [1.54, 1.807) is 0 Å². The smallest absolute Gasteiger partial charge is 0.123 e. The van der Waals surface area contributed by atoms with Crippen LogP contribution in [0.1, 0.15) is 52.0 Å². The molecule has 0 amide bonds. The van der Waals surface area contributed by atoms with Crippen LogP contribution < -0.4 is 4.74 Å². The van der Waals surface area contributed by atoms with Crippen LogP contribution in [0.4, 0.5) is 0 Å². The zero-order chi connectivity index (χ0) is 12.5. The van der Waals surface area contributed by atoms with Crippen molar-refractivity contribution in [3.8, 4) is 5.75 Å². The SMILES string of the molecule is CC(C)(C)c1cc(Br)ccc1OC1CCCC1. The molecule has 0 aromatic heterocycles. The van der Waals surface area contributed by atoms with Gasteiger partial charge in [-0.25, -0.2) is 0 Å². The minimum atomic E-state index is 0.123. The van der Waals surface area contributed by atoms with E-state index in [-0.39, 0.29) is 5.41 Å². The summed E-state index contributed by atoms with van der Waals surface area (Å²) in [6.07, 6.45) is 5.47. The fourth-order valence-electron chi connectivity index (χ4n) is 2.38. The monoisotopic (exact) mass is 296 g/mol. The normalized spacial score (nSPS) is 17.4. The summed E-state index contributed by atoms with van der Waals surface area (Å²) in [5.41, 5.74) is 1.41. The minimum Gasteiger partial charge on any atom is -0.490 e. The molecule has 0 atom stereocenters. The molecule has 1 aromatic rings. The summed E-state index contributed by atoms with van der Waals surface area (Å²) < 4.78 is 7.29. The van der Waals surface area contributed by atoms with Crippen molar-refractivity contribution in [2.24, 2.45) is 0 Å². The number of benzene rings is 1. The number of hydrogen-bond donors (Lipinski definition) is 0. The molecule has 0 heterocycles. The summed E-state index contributed by atoms with van der Waals surface area (Å²) in [4.78, 5) is 0. The first kappa shape index (κ1) is 12.9. The van der Waals surface area contributed by atoms with E-state index < -0.39 is 0 Å². The largest absolute Gasteiger partial charge is 0.490 e. The molecule has 1 aromatic carbocycles. The highest BCUT2D eigenvalue weighted by Crippen LogP contribution is 2.35. The molecule has 94 valence electrons. The van der Waals surface area contributed by atoms with Gasteiger partial charge in [0.05, 0.1) is 6.10 Å². The maximum atomic E-state index is 6.17. The van der Waals surface area contributed by atoms with Gasteiger partial charge in [-0.2, -0.15) is 0 Å². The molecule has 2 rings (SSSR count). The van der Waals surface area contributed by atoms with E-state index in [2.05, 4.69) is 54.9 Å². The van der Waals surface area contributed by atoms with Crippen LogP contribution in [-0.2, 0) is 5.41 Å². The molecule has 1 aliphatic rings. The molecule has 0 unspecified atom stereocenters. The number of rotatable bonds is 2. The van der Waals surface area contributed by atoms with Crippen LogP contribution >= 0.6 is 15.9 Å². The predicted octanol–water partition coefficient (Wildman–Crippen LogP) is 5.07. The molecule has 0 saturated heterocycles. The first-order chi connectivity index (χ1) is 7.97. The molecule has 17 heavy (non-hydrogen) atoms. The third kappa shape index (κ3) is 3.25. The molecule has 1 saturated carbocycles. The third-order valence-electron chi connectivity index (χ3n) is 3.35. The van der Waals surface area contributed by atoms with Gasteiger partial charge in [0.25, 0.3) is 0 Å². The van der Waals surface area contributed by atoms with Crippen molar-refractivity contribution in [1.29, 1.82) is 0 Å². The van der Waals surface area contributed by atoms with Gasteiger partial charge in [-0.3, -0.25) is 0 Å². The second kappa shape index (κ2) is 5.01. The highest BCUT2D eigenvalue weighted by atomic mass is 79.9. The number of hydrogen-bond acceptors (Lipinski definition) is 1. The molecule has 0 N–H and O–H groups in total. The maximum Gasteiger partial charge on any atom is 0.123 e. The zero-order valence-electron chi connectivity index (χ0n) is 10.9. The molecule has 1 nitrogen and oxygen atoms in total. The molecule has 0 radical (unpaired) electrons. The fourth-order valence-corrected chi connectivity index (χ4v) is 2.74. The Morgan fingerprint density at radius 1 is 1.18 bits per heavy atom. The average Bonchev–Trinajstić information content (AvgIpc) is 2.72. The van der Waals surface area contributed by atoms with Gasteiger partial charge in [-0.15, -0.1) is 0 Å². The number of halogens is 1. The molecule has 1 fully saturated rings. The van der Waals surface area contributed by atoms with Crippen molar-refractivity contribution >= 4 is 15.9 Å². The van der Waals surface area contributed by atoms with E-state index in [9.17, 15) is 0 Å². The summed E-state index contributed by atoms with van der Waals surface area (Å²) in [6.45, 7) is 6.70. The summed E-state index contributed by atoms with van der Waals surface area (Å²) in [6, 6.07) is 6.35. The van der Waals surface area contributed by atoms with Crippen molar-refractivity contribution in [1.82, 2.24) is 0 Å². The highest BCUT2D eigenvalue weighted by Gasteiger charge is 2.23. The van der Waals surface area contributed by atoms with Crippen LogP contribution in [0.15, 0.2) is 22.7 Å². The summed E-state index contributed by atoms with van der Waals surface area (Å²) in [5.74, 6) is 1.06. The van der Waals surface area contributed by atoms with Crippen LogP contribution in [0.5, 0.6) is 5.75 Å². The van der Waals surface area contributed by atoms with Crippen molar-refractivity contribution in [2.75, 3.05) is 0 Å². The van der Waals surface area contributed by atoms with Crippen LogP contribution in [0, 0.1) is 0 Å². The quantitative estimate of drug-likeness (QED) is 0.740. The molecule has 0 spiro atoms. The van der Waals surface area contributed by atoms with E-state index in [4.69, 9.17) is 4.74 Å². The lowest BCUT2D eigenvalue weighted by Crippen LogP contribution is -2.17. The second-order valence-corrected chi connectivity index (χ2v) is 6.83. The standard InChI is InChI=1S/C15H21BrO/c1-15(2,3)13-10-11(16)8-9-14(13)17-12-6-4-5-7-12/h8-10,12H,4-7H2,1-3H3. The van der Waals surface area contributed by atoms with Crippen molar-refractivity contribution < 1.29 is 4.74 Å². The Morgan fingerprint density at radius 2 is 1.82 bits per heavy atom. The van der Waals surface area contributed by atoms with Crippen molar-refractivity contribution in [3.05, 3.63) is 28.2 Å². The van der Waals surface area contributed by atoms with Gasteiger partial charge in [-0.1, -0.05) is 36.7 Å². The minimum absolute atomic E-state index is 0.123. The van der Waals surface area contributed by atoms with E-state index >= 15 is 0 Å². The van der Waals surface area contributed by atoms with Crippen molar-refractivity contribution in [2.45, 2.75) is 58.0 Å². The van der Waals surface area contributed by atoms with Gasteiger partial charge in [-0.05, 0) is 49.3 Å². The van der Waals surface area contributed by atoms with Crippen LogP contribution in [0.25, 0.3) is 0 Å². The third-order valence-corrected chi connectivity index (χ3v) is 3.84. The van der Waals surface area contributed by atoms with Gasteiger partial charge in [0.15, 0.2) is 0 Å². The maximum absolute atomic E-state index is 6.17. The van der Waals surface area contributed by atoms with Gasteiger partial charge in [0, 0.05) is 10.0 Å². The van der Waals surface area contributed by atoms with Gasteiger partial charge >= 0.3 is 0 Å². The molecule has 2 heteroatoms. The molecular formula is C15H21BrO. The fraction of sp³-hybridized carbons (Fsp3) is 0.600. The van der Waals surface area contributed by atoms with Crippen LogP contribution in [0.3, 0.4) is 0 Å². The lowest BCUT2D eigenvalue weighted by atomic mass is 9.86. The molecule has 1 aliphatic carbocycles. The van der Waals surface area contributed by atoms with Crippen LogP contribution in [0.2, 0.25) is 0 Å². The van der Waals surface area contributed by atoms with Gasteiger partial charge in [0.2, 0.25) is 0 Å². The first-order valence-electron chi connectivity index (χ1n) is 6.43. The first-order valence-corrected chi connectivity index (χ1v) is 7.23. The van der Waals surface area contributed by atoms with E-state index in [1.807, 2.05) is 0 Å². The predicted molar refractivity (Wildman–Crippen MR) is 75.7 cm³/mol. The Hall–Kier alpha value is -0.500. The van der Waals surface area contributed by atoms with E-state index in [1.165, 1.54) is 31.2 Å². The van der Waals surface area contributed by atoms with Crippen LogP contribution in [-0.4, -0.2) is 6.10 Å². The van der Waals surface area contributed by atoms with Crippen molar-refractivity contribution in [3.63, 3.8) is 0 Å². The molecule has 0 aliphatic heterocycles. The Labute approximate surface area is 113 Å². The Kier molecular flexibility index (Phi) is 3.82. The lowest BCUT2D eigenvalue weighted by Gasteiger charge is -2.25. The number of ether oxygens (including phenoxy) is 1. The molecule has 0 bridgehead atoms. The Bertz CT molecular complexity index is 386. The topological polar surface area (TPSA) is 9.23 Å². The van der Waals surface area contributed by atoms with Gasteiger partial charge in [0.1, 0.15) is 5.75 Å². The summed E-state index contributed by atoms with van der Waals surface area (Å²) in [5, 5.41) is 0. The van der Waals surface area contributed by atoms with Gasteiger partial charge < -0.3 is 4.74 Å². The second-order valence-electron chi connectivity index (χ2n) is 5.91. The lowest BCUT2D eigenvalue weighted by molar-refractivity contribution is 0.205. The van der Waals surface area contributed by atoms with E-state index in [0.29, 0.717) is 6.10 Å².